The van der Waals surface area contributed by atoms with E-state index in [1.807, 2.05) is 38.1 Å². The molecule has 1 amide bonds. The molecule has 6 heteroatoms. The lowest BCUT2D eigenvalue weighted by Crippen LogP contribution is -2.39. The van der Waals surface area contributed by atoms with Gasteiger partial charge in [-0.25, -0.2) is 4.98 Å². The molecule has 0 aliphatic rings. The van der Waals surface area contributed by atoms with Gasteiger partial charge in [0.1, 0.15) is 6.33 Å². The standard InChI is InChI=1S/C19H25N3O3/c1-14(2)19(25,12-18(24)22-11-10-20-13-22)9-8-16-4-6-17(7-5-16)21-15(3)23/h4-7,10-11,13-14,25H,8-9,12H2,1-3H3,(H,21,23). The number of nitrogens with one attached hydrogen (secondary N) is 1. The van der Waals surface area contributed by atoms with Crippen LogP contribution in [0.1, 0.15) is 44.0 Å². The molecule has 0 radical (unpaired) electrons. The van der Waals surface area contributed by atoms with Gasteiger partial charge >= 0.3 is 0 Å². The Labute approximate surface area is 147 Å². The molecule has 0 saturated carbocycles. The zero-order chi connectivity index (χ0) is 18.4. The third kappa shape index (κ3) is 5.26. The molecule has 134 valence electrons. The van der Waals surface area contributed by atoms with Crippen molar-refractivity contribution in [3.05, 3.63) is 48.5 Å². The number of carbonyl (C=O) groups is 2. The van der Waals surface area contributed by atoms with Crippen LogP contribution in [-0.4, -0.2) is 32.1 Å². The van der Waals surface area contributed by atoms with Crippen molar-refractivity contribution in [3.8, 4) is 0 Å². The first-order valence-electron chi connectivity index (χ1n) is 8.40. The van der Waals surface area contributed by atoms with Crippen molar-refractivity contribution in [2.24, 2.45) is 5.92 Å². The maximum Gasteiger partial charge on any atom is 0.234 e. The van der Waals surface area contributed by atoms with Gasteiger partial charge in [0, 0.05) is 25.0 Å². The lowest BCUT2D eigenvalue weighted by molar-refractivity contribution is -0.114. The highest BCUT2D eigenvalue weighted by Gasteiger charge is 2.33. The van der Waals surface area contributed by atoms with Gasteiger partial charge in [-0.3, -0.25) is 14.2 Å². The van der Waals surface area contributed by atoms with Crippen LogP contribution in [0.5, 0.6) is 0 Å². The van der Waals surface area contributed by atoms with Crippen molar-refractivity contribution in [3.63, 3.8) is 0 Å². The quantitative estimate of drug-likeness (QED) is 0.809. The van der Waals surface area contributed by atoms with Crippen LogP contribution in [0.15, 0.2) is 43.0 Å². The number of imidazole rings is 1. The Bertz CT molecular complexity index is 708. The van der Waals surface area contributed by atoms with Gasteiger partial charge in [0.2, 0.25) is 11.8 Å². The van der Waals surface area contributed by atoms with Crippen molar-refractivity contribution in [1.82, 2.24) is 9.55 Å². The minimum Gasteiger partial charge on any atom is -0.389 e. The molecular formula is C19H25N3O3. The van der Waals surface area contributed by atoms with Crippen LogP contribution in [0.2, 0.25) is 0 Å². The molecule has 2 N–H and O–H groups in total. The summed E-state index contributed by atoms with van der Waals surface area (Å²) in [5, 5.41) is 13.7. The third-order valence-corrected chi connectivity index (χ3v) is 4.45. The molecule has 0 saturated heterocycles. The van der Waals surface area contributed by atoms with Gasteiger partial charge in [-0.15, -0.1) is 0 Å². The van der Waals surface area contributed by atoms with Crippen LogP contribution >= 0.6 is 0 Å². The van der Waals surface area contributed by atoms with E-state index in [0.717, 1.165) is 11.3 Å². The zero-order valence-corrected chi connectivity index (χ0v) is 14.9. The van der Waals surface area contributed by atoms with Crippen molar-refractivity contribution < 1.29 is 14.7 Å². The van der Waals surface area contributed by atoms with Crippen molar-refractivity contribution in [2.45, 2.75) is 45.6 Å². The van der Waals surface area contributed by atoms with Crippen molar-refractivity contribution in [1.29, 1.82) is 0 Å². The fraction of sp³-hybridized carbons (Fsp3) is 0.421. The highest BCUT2D eigenvalue weighted by molar-refractivity contribution is 5.88. The number of benzene rings is 1. The van der Waals surface area contributed by atoms with Crippen molar-refractivity contribution >= 4 is 17.5 Å². The highest BCUT2D eigenvalue weighted by Crippen LogP contribution is 2.28. The number of anilines is 1. The van der Waals surface area contributed by atoms with Gasteiger partial charge < -0.3 is 10.4 Å². The molecule has 1 unspecified atom stereocenters. The Hall–Kier alpha value is -2.47. The summed E-state index contributed by atoms with van der Waals surface area (Å²) < 4.78 is 1.40. The van der Waals surface area contributed by atoms with Crippen LogP contribution in [-0.2, 0) is 11.2 Å². The largest absolute Gasteiger partial charge is 0.389 e. The molecule has 1 heterocycles. The van der Waals surface area contributed by atoms with Gasteiger partial charge in [-0.2, -0.15) is 0 Å². The van der Waals surface area contributed by atoms with E-state index in [2.05, 4.69) is 10.3 Å². The summed E-state index contributed by atoms with van der Waals surface area (Å²) in [6, 6.07) is 7.51. The van der Waals surface area contributed by atoms with E-state index in [0.29, 0.717) is 12.8 Å². The molecule has 1 atom stereocenters. The molecule has 6 nitrogen and oxygen atoms in total. The average Bonchev–Trinajstić information content (AvgIpc) is 3.08. The number of rotatable bonds is 7. The van der Waals surface area contributed by atoms with E-state index in [1.54, 1.807) is 12.4 Å². The number of hydrogen-bond donors (Lipinski definition) is 2. The molecule has 1 aromatic heterocycles. The third-order valence-electron chi connectivity index (χ3n) is 4.45. The van der Waals surface area contributed by atoms with Gasteiger partial charge in [-0.05, 0) is 36.5 Å². The second-order valence-corrected chi connectivity index (χ2v) is 6.68. The van der Waals surface area contributed by atoms with Crippen LogP contribution in [0.4, 0.5) is 5.69 Å². The van der Waals surface area contributed by atoms with Crippen LogP contribution in [0.25, 0.3) is 0 Å². The predicted octanol–water partition coefficient (Wildman–Crippen LogP) is 2.89. The molecule has 2 rings (SSSR count). The summed E-state index contributed by atoms with van der Waals surface area (Å²) in [6.45, 7) is 5.30. The normalized spacial score (nSPS) is 13.5. The second-order valence-electron chi connectivity index (χ2n) is 6.68. The number of aromatic nitrogens is 2. The van der Waals surface area contributed by atoms with E-state index in [4.69, 9.17) is 0 Å². The number of carbonyl (C=O) groups excluding carboxylic acids is 2. The van der Waals surface area contributed by atoms with Crippen LogP contribution in [0, 0.1) is 5.92 Å². The van der Waals surface area contributed by atoms with E-state index in [1.165, 1.54) is 17.8 Å². The summed E-state index contributed by atoms with van der Waals surface area (Å²) in [6.07, 6.45) is 5.75. The Balaban J connectivity index is 2.01. The predicted molar refractivity (Wildman–Crippen MR) is 96.3 cm³/mol. The molecule has 0 aliphatic heterocycles. The minimum absolute atomic E-state index is 0.0466. The highest BCUT2D eigenvalue weighted by atomic mass is 16.3. The van der Waals surface area contributed by atoms with Gasteiger partial charge in [0.15, 0.2) is 0 Å². The molecule has 25 heavy (non-hydrogen) atoms. The summed E-state index contributed by atoms with van der Waals surface area (Å²) in [7, 11) is 0. The summed E-state index contributed by atoms with van der Waals surface area (Å²) in [5.41, 5.74) is 0.700. The smallest absolute Gasteiger partial charge is 0.234 e. The number of nitrogens with zero attached hydrogens (tertiary/aromatic N) is 2. The molecule has 0 fully saturated rings. The average molecular weight is 343 g/mol. The number of aryl methyl sites for hydroxylation is 1. The molecular weight excluding hydrogens is 318 g/mol. The minimum atomic E-state index is -1.09. The van der Waals surface area contributed by atoms with Crippen molar-refractivity contribution in [2.75, 3.05) is 5.32 Å². The van der Waals surface area contributed by atoms with Crippen LogP contribution in [0.3, 0.4) is 0 Å². The first-order chi connectivity index (χ1) is 11.8. The fourth-order valence-electron chi connectivity index (χ4n) is 2.66. The SMILES string of the molecule is CC(=O)Nc1ccc(CCC(O)(CC(=O)n2ccnc2)C(C)C)cc1. The topological polar surface area (TPSA) is 84.2 Å². The van der Waals surface area contributed by atoms with E-state index in [9.17, 15) is 14.7 Å². The summed E-state index contributed by atoms with van der Waals surface area (Å²) >= 11 is 0. The first-order valence-corrected chi connectivity index (χ1v) is 8.40. The molecule has 1 aromatic carbocycles. The monoisotopic (exact) mass is 343 g/mol. The van der Waals surface area contributed by atoms with E-state index in [-0.39, 0.29) is 24.2 Å². The van der Waals surface area contributed by atoms with Gasteiger partial charge in [-0.1, -0.05) is 26.0 Å². The molecule has 0 aliphatic carbocycles. The van der Waals surface area contributed by atoms with Crippen LogP contribution < -0.4 is 5.32 Å². The Morgan fingerprint density at radius 1 is 1.28 bits per heavy atom. The molecule has 0 bridgehead atoms. The lowest BCUT2D eigenvalue weighted by Gasteiger charge is -2.31. The molecule has 0 spiro atoms. The first kappa shape index (κ1) is 18.9. The zero-order valence-electron chi connectivity index (χ0n) is 14.9. The summed E-state index contributed by atoms with van der Waals surface area (Å²) in [5.74, 6) is -0.340. The van der Waals surface area contributed by atoms with E-state index < -0.39 is 5.60 Å². The van der Waals surface area contributed by atoms with E-state index >= 15 is 0 Å². The lowest BCUT2D eigenvalue weighted by atomic mass is 9.82. The summed E-state index contributed by atoms with van der Waals surface area (Å²) in [4.78, 5) is 27.2. The number of hydrogen-bond acceptors (Lipinski definition) is 4. The number of amides is 1. The maximum absolute atomic E-state index is 12.3. The maximum atomic E-state index is 12.3. The Morgan fingerprint density at radius 2 is 1.96 bits per heavy atom. The second kappa shape index (κ2) is 8.07. The number of aliphatic hydroxyl groups is 1. The van der Waals surface area contributed by atoms with Gasteiger partial charge in [0.05, 0.1) is 12.0 Å². The molecule has 2 aromatic rings. The Morgan fingerprint density at radius 3 is 2.48 bits per heavy atom. The van der Waals surface area contributed by atoms with Gasteiger partial charge in [0.25, 0.3) is 0 Å². The Kier molecular flexibility index (Phi) is 6.09. The fourth-order valence-corrected chi connectivity index (χ4v) is 2.66.